The van der Waals surface area contributed by atoms with Crippen molar-refractivity contribution in [3.05, 3.63) is 59.0 Å². The highest BCUT2D eigenvalue weighted by molar-refractivity contribution is 5.92. The second-order valence-corrected chi connectivity index (χ2v) is 4.46. The lowest BCUT2D eigenvalue weighted by molar-refractivity contribution is 0.0910. The van der Waals surface area contributed by atoms with Crippen LogP contribution in [0.25, 0.3) is 0 Å². The van der Waals surface area contributed by atoms with Gasteiger partial charge in [0.2, 0.25) is 0 Å². The first-order chi connectivity index (χ1) is 8.58. The summed E-state index contributed by atoms with van der Waals surface area (Å²) < 4.78 is 5.40. The summed E-state index contributed by atoms with van der Waals surface area (Å²) in [6.07, 6.45) is 0. The first kappa shape index (κ1) is 12.4. The molecule has 0 fully saturated rings. The SMILES string of the molecule is Cc1cc(C(=O)NC(C)c2ccccc2)oc1C. The van der Waals surface area contributed by atoms with Crippen molar-refractivity contribution in [2.75, 3.05) is 0 Å². The number of carbonyl (C=O) groups excluding carboxylic acids is 1. The summed E-state index contributed by atoms with van der Waals surface area (Å²) in [5, 5.41) is 2.92. The smallest absolute Gasteiger partial charge is 0.287 e. The Morgan fingerprint density at radius 3 is 2.44 bits per heavy atom. The molecule has 0 saturated heterocycles. The van der Waals surface area contributed by atoms with E-state index in [2.05, 4.69) is 5.32 Å². The van der Waals surface area contributed by atoms with Gasteiger partial charge in [-0.05, 0) is 38.0 Å². The van der Waals surface area contributed by atoms with E-state index >= 15 is 0 Å². The number of carbonyl (C=O) groups is 1. The summed E-state index contributed by atoms with van der Waals surface area (Å²) in [5.74, 6) is 0.975. The van der Waals surface area contributed by atoms with Gasteiger partial charge in [-0.15, -0.1) is 0 Å². The molecule has 0 aliphatic carbocycles. The van der Waals surface area contributed by atoms with Crippen molar-refractivity contribution < 1.29 is 9.21 Å². The molecule has 2 rings (SSSR count). The number of hydrogen-bond acceptors (Lipinski definition) is 2. The van der Waals surface area contributed by atoms with Crippen LogP contribution in [0.5, 0.6) is 0 Å². The molecule has 1 N–H and O–H groups in total. The highest BCUT2D eigenvalue weighted by Gasteiger charge is 2.15. The van der Waals surface area contributed by atoms with Gasteiger partial charge in [-0.25, -0.2) is 0 Å². The normalized spacial score (nSPS) is 12.2. The van der Waals surface area contributed by atoms with Crippen molar-refractivity contribution in [1.82, 2.24) is 5.32 Å². The topological polar surface area (TPSA) is 42.2 Å². The minimum atomic E-state index is -0.178. The molecule has 94 valence electrons. The molecule has 0 radical (unpaired) electrons. The molecule has 1 heterocycles. The predicted octanol–water partition coefficient (Wildman–Crippen LogP) is 3.39. The largest absolute Gasteiger partial charge is 0.456 e. The van der Waals surface area contributed by atoms with Crippen molar-refractivity contribution in [1.29, 1.82) is 0 Å². The number of benzene rings is 1. The van der Waals surface area contributed by atoms with E-state index in [0.29, 0.717) is 5.76 Å². The van der Waals surface area contributed by atoms with E-state index in [0.717, 1.165) is 16.9 Å². The fourth-order valence-electron chi connectivity index (χ4n) is 1.78. The second-order valence-electron chi connectivity index (χ2n) is 4.46. The van der Waals surface area contributed by atoms with E-state index in [1.807, 2.05) is 51.1 Å². The van der Waals surface area contributed by atoms with Gasteiger partial charge < -0.3 is 9.73 Å². The summed E-state index contributed by atoms with van der Waals surface area (Å²) in [5.41, 5.74) is 2.07. The molecule has 3 heteroatoms. The molecule has 2 aromatic rings. The Hall–Kier alpha value is -2.03. The summed E-state index contributed by atoms with van der Waals surface area (Å²) in [6, 6.07) is 11.6. The summed E-state index contributed by atoms with van der Waals surface area (Å²) in [7, 11) is 0. The third-order valence-electron chi connectivity index (χ3n) is 3.04. The molecule has 3 nitrogen and oxygen atoms in total. The number of aryl methyl sites for hydroxylation is 2. The van der Waals surface area contributed by atoms with Gasteiger partial charge in [0.05, 0.1) is 6.04 Å². The maximum atomic E-state index is 12.0. The molecular weight excluding hydrogens is 226 g/mol. The van der Waals surface area contributed by atoms with Crippen molar-refractivity contribution >= 4 is 5.91 Å². The second kappa shape index (κ2) is 5.08. The summed E-state index contributed by atoms with van der Waals surface area (Å²) in [4.78, 5) is 12.0. The van der Waals surface area contributed by atoms with E-state index < -0.39 is 0 Å². The van der Waals surface area contributed by atoms with Crippen LogP contribution >= 0.6 is 0 Å². The third kappa shape index (κ3) is 2.62. The van der Waals surface area contributed by atoms with Gasteiger partial charge in [-0.3, -0.25) is 4.79 Å². The minimum Gasteiger partial charge on any atom is -0.456 e. The first-order valence-electron chi connectivity index (χ1n) is 6.01. The fraction of sp³-hybridized carbons (Fsp3) is 0.267. The standard InChI is InChI=1S/C15H17NO2/c1-10-9-14(18-12(10)3)15(17)16-11(2)13-7-5-4-6-8-13/h4-9,11H,1-3H3,(H,16,17). The van der Waals surface area contributed by atoms with Crippen LogP contribution in [0, 0.1) is 13.8 Å². The van der Waals surface area contributed by atoms with Crippen LogP contribution in [-0.2, 0) is 0 Å². The van der Waals surface area contributed by atoms with Gasteiger partial charge in [-0.2, -0.15) is 0 Å². The Labute approximate surface area is 107 Å². The lowest BCUT2D eigenvalue weighted by Gasteiger charge is -2.12. The van der Waals surface area contributed by atoms with E-state index in [1.165, 1.54) is 0 Å². The molecule has 1 amide bonds. The third-order valence-corrected chi connectivity index (χ3v) is 3.04. The molecule has 0 bridgehead atoms. The summed E-state index contributed by atoms with van der Waals surface area (Å²) >= 11 is 0. The molecule has 0 aliphatic heterocycles. The van der Waals surface area contributed by atoms with E-state index in [9.17, 15) is 4.79 Å². The van der Waals surface area contributed by atoms with Crippen LogP contribution in [0.2, 0.25) is 0 Å². The average molecular weight is 243 g/mol. The lowest BCUT2D eigenvalue weighted by Crippen LogP contribution is -2.26. The zero-order valence-electron chi connectivity index (χ0n) is 10.9. The van der Waals surface area contributed by atoms with Gasteiger partial charge in [0.15, 0.2) is 5.76 Å². The molecule has 0 aliphatic rings. The lowest BCUT2D eigenvalue weighted by atomic mass is 10.1. The van der Waals surface area contributed by atoms with Gasteiger partial charge >= 0.3 is 0 Å². The number of rotatable bonds is 3. The van der Waals surface area contributed by atoms with Gasteiger partial charge in [-0.1, -0.05) is 30.3 Å². The van der Waals surface area contributed by atoms with Crippen LogP contribution in [0.4, 0.5) is 0 Å². The van der Waals surface area contributed by atoms with E-state index in [-0.39, 0.29) is 11.9 Å². The average Bonchev–Trinajstić information content (AvgIpc) is 2.71. The first-order valence-corrected chi connectivity index (χ1v) is 6.01. The van der Waals surface area contributed by atoms with Crippen molar-refractivity contribution in [3.63, 3.8) is 0 Å². The molecule has 1 atom stereocenters. The Morgan fingerprint density at radius 2 is 1.89 bits per heavy atom. The number of amides is 1. The molecule has 1 unspecified atom stereocenters. The quantitative estimate of drug-likeness (QED) is 0.897. The summed E-state index contributed by atoms with van der Waals surface area (Å²) in [6.45, 7) is 5.73. The van der Waals surface area contributed by atoms with Gasteiger partial charge in [0, 0.05) is 0 Å². The van der Waals surface area contributed by atoms with Crippen LogP contribution in [0.1, 0.15) is 40.4 Å². The highest BCUT2D eigenvalue weighted by atomic mass is 16.3. The predicted molar refractivity (Wildman–Crippen MR) is 70.5 cm³/mol. The highest BCUT2D eigenvalue weighted by Crippen LogP contribution is 2.16. The Kier molecular flexibility index (Phi) is 3.51. The zero-order chi connectivity index (χ0) is 13.1. The zero-order valence-corrected chi connectivity index (χ0v) is 10.9. The van der Waals surface area contributed by atoms with Crippen LogP contribution in [0.3, 0.4) is 0 Å². The van der Waals surface area contributed by atoms with Crippen molar-refractivity contribution in [3.8, 4) is 0 Å². The van der Waals surface area contributed by atoms with Crippen LogP contribution in [0.15, 0.2) is 40.8 Å². The monoisotopic (exact) mass is 243 g/mol. The molecule has 1 aromatic carbocycles. The molecule has 0 spiro atoms. The maximum absolute atomic E-state index is 12.0. The Balaban J connectivity index is 2.08. The van der Waals surface area contributed by atoms with Crippen molar-refractivity contribution in [2.24, 2.45) is 0 Å². The van der Waals surface area contributed by atoms with Crippen LogP contribution < -0.4 is 5.32 Å². The number of nitrogens with one attached hydrogen (secondary N) is 1. The number of hydrogen-bond donors (Lipinski definition) is 1. The molecule has 1 aromatic heterocycles. The number of furan rings is 1. The van der Waals surface area contributed by atoms with E-state index in [1.54, 1.807) is 6.07 Å². The molecule has 0 saturated carbocycles. The molecule has 18 heavy (non-hydrogen) atoms. The van der Waals surface area contributed by atoms with E-state index in [4.69, 9.17) is 4.42 Å². The maximum Gasteiger partial charge on any atom is 0.287 e. The van der Waals surface area contributed by atoms with Crippen molar-refractivity contribution in [2.45, 2.75) is 26.8 Å². The minimum absolute atomic E-state index is 0.0376. The van der Waals surface area contributed by atoms with Gasteiger partial charge in [0.1, 0.15) is 5.76 Å². The van der Waals surface area contributed by atoms with Gasteiger partial charge in [0.25, 0.3) is 5.91 Å². The Bertz CT molecular complexity index is 523. The fourth-order valence-corrected chi connectivity index (χ4v) is 1.78. The van der Waals surface area contributed by atoms with Crippen LogP contribution in [-0.4, -0.2) is 5.91 Å². The Morgan fingerprint density at radius 1 is 1.22 bits per heavy atom. The molecular formula is C15H17NO2.